The first-order chi connectivity index (χ1) is 9.11. The molecule has 2 N–H and O–H groups in total. The molecular weight excluding hydrogens is 250 g/mol. The number of anilines is 1. The van der Waals surface area contributed by atoms with Crippen LogP contribution in [0.3, 0.4) is 0 Å². The summed E-state index contributed by atoms with van der Waals surface area (Å²) >= 11 is 0. The minimum Gasteiger partial charge on any atom is -0.508 e. The summed E-state index contributed by atoms with van der Waals surface area (Å²) in [6, 6.07) is 6.67. The lowest BCUT2D eigenvalue weighted by atomic mass is 10.2. The molecule has 0 bridgehead atoms. The number of cyclic esters (lactones) is 1. The summed E-state index contributed by atoms with van der Waals surface area (Å²) in [6.45, 7) is 2.17. The predicted molar refractivity (Wildman–Crippen MR) is 66.9 cm³/mol. The van der Waals surface area contributed by atoms with Gasteiger partial charge in [0.2, 0.25) is 0 Å². The van der Waals surface area contributed by atoms with Gasteiger partial charge in [-0.25, -0.2) is 4.79 Å². The summed E-state index contributed by atoms with van der Waals surface area (Å²) < 4.78 is 9.81. The fourth-order valence-electron chi connectivity index (χ4n) is 1.61. The molecule has 0 spiro atoms. The van der Waals surface area contributed by atoms with Gasteiger partial charge < -0.3 is 19.9 Å². The van der Waals surface area contributed by atoms with E-state index in [1.165, 1.54) is 0 Å². The number of hydrogen-bond donors (Lipinski definition) is 2. The van der Waals surface area contributed by atoms with Crippen LogP contribution in [0, 0.1) is 0 Å². The number of nitrogens with one attached hydrogen (secondary N) is 1. The van der Waals surface area contributed by atoms with E-state index in [0.29, 0.717) is 18.0 Å². The maximum Gasteiger partial charge on any atom is 0.347 e. The molecule has 0 unspecified atom stereocenters. The molecule has 0 fully saturated rings. The molecule has 0 atom stereocenters. The Hall–Kier alpha value is -2.50. The van der Waals surface area contributed by atoms with E-state index < -0.39 is 11.9 Å². The Morgan fingerprint density at radius 2 is 2.11 bits per heavy atom. The molecule has 6 nitrogen and oxygen atoms in total. The lowest BCUT2D eigenvalue weighted by Gasteiger charge is -2.06. The van der Waals surface area contributed by atoms with Gasteiger partial charge in [-0.1, -0.05) is 0 Å². The van der Waals surface area contributed by atoms with Gasteiger partial charge in [0.15, 0.2) is 11.3 Å². The third-order valence-corrected chi connectivity index (χ3v) is 2.48. The van der Waals surface area contributed by atoms with Crippen LogP contribution in [0.2, 0.25) is 0 Å². The number of carbonyl (C=O) groups is 2. The number of ether oxygens (including phenoxy) is 2. The first-order valence-electron chi connectivity index (χ1n) is 5.75. The SMILES string of the molecule is CCOc1ccc(NC(=O)C2=C(O)COC2=O)cc1. The van der Waals surface area contributed by atoms with Crippen molar-refractivity contribution in [1.29, 1.82) is 0 Å². The lowest BCUT2D eigenvalue weighted by molar-refractivity contribution is -0.137. The van der Waals surface area contributed by atoms with Crippen molar-refractivity contribution in [2.45, 2.75) is 6.92 Å². The minimum atomic E-state index is -0.819. The Kier molecular flexibility index (Phi) is 3.70. The molecule has 19 heavy (non-hydrogen) atoms. The van der Waals surface area contributed by atoms with Crippen LogP contribution in [0.5, 0.6) is 5.75 Å². The summed E-state index contributed by atoms with van der Waals surface area (Å²) in [5.41, 5.74) is 0.141. The maximum absolute atomic E-state index is 11.8. The maximum atomic E-state index is 11.8. The number of carbonyl (C=O) groups excluding carboxylic acids is 2. The number of aliphatic hydroxyl groups is 1. The van der Waals surface area contributed by atoms with Crippen molar-refractivity contribution in [3.63, 3.8) is 0 Å². The summed E-state index contributed by atoms with van der Waals surface area (Å²) in [6.07, 6.45) is 0. The third kappa shape index (κ3) is 2.85. The molecule has 0 aromatic heterocycles. The van der Waals surface area contributed by atoms with Crippen LogP contribution in [0.15, 0.2) is 35.6 Å². The zero-order valence-corrected chi connectivity index (χ0v) is 10.3. The molecule has 100 valence electrons. The molecule has 1 aliphatic heterocycles. The van der Waals surface area contributed by atoms with Gasteiger partial charge in [-0.15, -0.1) is 0 Å². The van der Waals surface area contributed by atoms with Crippen LogP contribution >= 0.6 is 0 Å². The molecule has 0 saturated heterocycles. The predicted octanol–water partition coefficient (Wildman–Crippen LogP) is 1.39. The molecule has 1 amide bonds. The Morgan fingerprint density at radius 3 is 2.63 bits per heavy atom. The quantitative estimate of drug-likeness (QED) is 0.633. The molecule has 1 heterocycles. The van der Waals surface area contributed by atoms with E-state index in [2.05, 4.69) is 10.1 Å². The van der Waals surface area contributed by atoms with Crippen molar-refractivity contribution >= 4 is 17.6 Å². The van der Waals surface area contributed by atoms with Gasteiger partial charge in [0.25, 0.3) is 5.91 Å². The Bertz CT molecular complexity index is 532. The molecule has 6 heteroatoms. The van der Waals surface area contributed by atoms with Gasteiger partial charge in [-0.05, 0) is 31.2 Å². The Balaban J connectivity index is 2.07. The largest absolute Gasteiger partial charge is 0.508 e. The normalized spacial score (nSPS) is 14.3. The van der Waals surface area contributed by atoms with Crippen molar-refractivity contribution in [2.75, 3.05) is 18.5 Å². The standard InChI is InChI=1S/C13H13NO5/c1-2-18-9-5-3-8(4-6-9)14-12(16)11-10(15)7-19-13(11)17/h3-6,15H,2,7H2,1H3,(H,14,16). The lowest BCUT2D eigenvalue weighted by Crippen LogP contribution is -2.19. The van der Waals surface area contributed by atoms with Gasteiger partial charge in [0, 0.05) is 5.69 Å². The van der Waals surface area contributed by atoms with Crippen LogP contribution in [0.4, 0.5) is 5.69 Å². The Morgan fingerprint density at radius 1 is 1.42 bits per heavy atom. The molecule has 0 radical (unpaired) electrons. The zero-order chi connectivity index (χ0) is 13.8. The number of rotatable bonds is 4. The van der Waals surface area contributed by atoms with Crippen LogP contribution in [0.25, 0.3) is 0 Å². The third-order valence-electron chi connectivity index (χ3n) is 2.48. The molecule has 1 aromatic carbocycles. The second-order valence-electron chi connectivity index (χ2n) is 3.81. The van der Waals surface area contributed by atoms with Gasteiger partial charge in [-0.3, -0.25) is 4.79 Å². The van der Waals surface area contributed by atoms with Crippen LogP contribution in [0.1, 0.15) is 6.92 Å². The van der Waals surface area contributed by atoms with Crippen LogP contribution in [-0.4, -0.2) is 30.2 Å². The highest BCUT2D eigenvalue weighted by Crippen LogP contribution is 2.19. The number of benzene rings is 1. The number of aliphatic hydroxyl groups excluding tert-OH is 1. The number of amides is 1. The van der Waals surface area contributed by atoms with Crippen LogP contribution in [-0.2, 0) is 14.3 Å². The fraction of sp³-hybridized carbons (Fsp3) is 0.231. The van der Waals surface area contributed by atoms with E-state index in [9.17, 15) is 14.7 Å². The van der Waals surface area contributed by atoms with Crippen molar-refractivity contribution in [3.05, 3.63) is 35.6 Å². The summed E-state index contributed by atoms with van der Waals surface area (Å²) in [4.78, 5) is 23.0. The second-order valence-corrected chi connectivity index (χ2v) is 3.81. The van der Waals surface area contributed by atoms with Gasteiger partial charge in [-0.2, -0.15) is 0 Å². The Labute approximate surface area is 109 Å². The van der Waals surface area contributed by atoms with Gasteiger partial charge in [0.05, 0.1) is 6.61 Å². The van der Waals surface area contributed by atoms with E-state index in [1.807, 2.05) is 6.92 Å². The minimum absolute atomic E-state index is 0.259. The molecule has 2 rings (SSSR count). The highest BCUT2D eigenvalue weighted by molar-refractivity contribution is 6.22. The highest BCUT2D eigenvalue weighted by Gasteiger charge is 2.30. The molecule has 1 aliphatic rings. The fourth-order valence-corrected chi connectivity index (χ4v) is 1.61. The summed E-state index contributed by atoms with van der Waals surface area (Å²) in [5, 5.41) is 11.9. The first-order valence-corrected chi connectivity index (χ1v) is 5.75. The molecule has 0 saturated carbocycles. The molecule has 0 aliphatic carbocycles. The first kappa shape index (κ1) is 12.9. The van der Waals surface area contributed by atoms with Gasteiger partial charge >= 0.3 is 5.97 Å². The zero-order valence-electron chi connectivity index (χ0n) is 10.3. The van der Waals surface area contributed by atoms with E-state index in [4.69, 9.17) is 4.74 Å². The average molecular weight is 263 g/mol. The summed E-state index contributed by atoms with van der Waals surface area (Å²) in [7, 11) is 0. The monoisotopic (exact) mass is 263 g/mol. The van der Waals surface area contributed by atoms with E-state index in [-0.39, 0.29) is 17.9 Å². The van der Waals surface area contributed by atoms with E-state index in [1.54, 1.807) is 24.3 Å². The van der Waals surface area contributed by atoms with Crippen molar-refractivity contribution in [3.8, 4) is 5.75 Å². The van der Waals surface area contributed by atoms with Crippen molar-refractivity contribution < 1.29 is 24.2 Å². The average Bonchev–Trinajstić information content (AvgIpc) is 2.72. The number of hydrogen-bond acceptors (Lipinski definition) is 5. The van der Waals surface area contributed by atoms with Crippen molar-refractivity contribution in [2.24, 2.45) is 0 Å². The molecular formula is C13H13NO5. The second kappa shape index (κ2) is 5.43. The van der Waals surface area contributed by atoms with Gasteiger partial charge in [0.1, 0.15) is 12.4 Å². The smallest absolute Gasteiger partial charge is 0.347 e. The highest BCUT2D eigenvalue weighted by atomic mass is 16.5. The van der Waals surface area contributed by atoms with E-state index in [0.717, 1.165) is 0 Å². The topological polar surface area (TPSA) is 84.9 Å². The van der Waals surface area contributed by atoms with E-state index >= 15 is 0 Å². The number of esters is 1. The van der Waals surface area contributed by atoms with Crippen LogP contribution < -0.4 is 10.1 Å². The molecule has 1 aromatic rings. The summed E-state index contributed by atoms with van der Waals surface area (Å²) in [5.74, 6) is -1.18. The van der Waals surface area contributed by atoms with Crippen molar-refractivity contribution in [1.82, 2.24) is 0 Å².